The molecule has 0 amide bonds. The summed E-state index contributed by atoms with van der Waals surface area (Å²) < 4.78 is 115. The minimum absolute atomic E-state index is 0.184. The molecule has 0 saturated heterocycles. The van der Waals surface area contributed by atoms with Gasteiger partial charge in [0.25, 0.3) is 0 Å². The topological polar surface area (TPSA) is 188 Å². The van der Waals surface area contributed by atoms with Gasteiger partial charge >= 0.3 is 0 Å². The molecule has 0 N–H and O–H groups in total. The van der Waals surface area contributed by atoms with E-state index < -0.39 is 44.8 Å². The predicted molar refractivity (Wildman–Crippen MR) is 241 cm³/mol. The first-order valence-corrected chi connectivity index (χ1v) is 26.3. The van der Waals surface area contributed by atoms with Crippen molar-refractivity contribution in [2.45, 2.75) is 52.0 Å². The zero-order valence-electron chi connectivity index (χ0n) is 33.2. The summed E-state index contributed by atoms with van der Waals surface area (Å²) in [5, 5.41) is -0.566. The molecule has 0 unspecified atom stereocenters. The summed E-state index contributed by atoms with van der Waals surface area (Å²) in [6.45, 7) is 1.77. The highest BCUT2D eigenvalue weighted by Gasteiger charge is 2.53. The molecule has 0 atom stereocenters. The third-order valence-corrected chi connectivity index (χ3v) is 18.8. The number of hydrogen-bond acceptors (Lipinski definition) is 12. The van der Waals surface area contributed by atoms with Crippen molar-refractivity contribution in [3.8, 4) is 22.3 Å². The summed E-state index contributed by atoms with van der Waals surface area (Å²) in [5.41, 5.74) is 1.91. The fourth-order valence-electron chi connectivity index (χ4n) is 8.47. The Bertz CT molecular complexity index is 3300. The molecule has 65 heavy (non-hydrogen) atoms. The van der Waals surface area contributed by atoms with E-state index in [1.54, 1.807) is 37.3 Å². The second kappa shape index (κ2) is 15.1. The van der Waals surface area contributed by atoms with Gasteiger partial charge in [-0.05, 0) is 148 Å². The van der Waals surface area contributed by atoms with Gasteiger partial charge in [0.2, 0.25) is 39.3 Å². The molecule has 10 rings (SSSR count). The molecule has 8 aromatic rings. The molecular weight excluding hydrogens is 971 g/mol. The lowest BCUT2D eigenvalue weighted by Gasteiger charge is -2.31. The van der Waals surface area contributed by atoms with Gasteiger partial charge in [-0.2, -0.15) is 0 Å². The monoisotopic (exact) mass is 996 g/mol. The molecule has 19 heteroatoms. The van der Waals surface area contributed by atoms with Crippen LogP contribution in [0.3, 0.4) is 0 Å². The molecular formula is C46H27Cl3N4O8S4. The van der Waals surface area contributed by atoms with Gasteiger partial charge < -0.3 is 0 Å². The van der Waals surface area contributed by atoms with Crippen LogP contribution in [0, 0.1) is 6.92 Å². The second-order valence-electron chi connectivity index (χ2n) is 15.2. The van der Waals surface area contributed by atoms with Crippen LogP contribution >= 0.6 is 34.8 Å². The van der Waals surface area contributed by atoms with Crippen LogP contribution in [0.25, 0.3) is 22.3 Å². The van der Waals surface area contributed by atoms with Crippen molar-refractivity contribution in [2.75, 3.05) is 0 Å². The quantitative estimate of drug-likeness (QED) is 0.141. The lowest BCUT2D eigenvalue weighted by atomic mass is 9.70. The minimum atomic E-state index is -4.38. The van der Waals surface area contributed by atoms with Crippen LogP contribution in [-0.2, 0) is 44.8 Å². The number of benzene rings is 4. The maximum atomic E-state index is 14.5. The van der Waals surface area contributed by atoms with Gasteiger partial charge in [-0.1, -0.05) is 65.1 Å². The number of aromatic nitrogens is 4. The molecule has 0 fully saturated rings. The van der Waals surface area contributed by atoms with Gasteiger partial charge in [0.1, 0.15) is 0 Å². The number of sulfone groups is 4. The van der Waals surface area contributed by atoms with Gasteiger partial charge in [-0.15, -0.1) is 0 Å². The van der Waals surface area contributed by atoms with E-state index in [4.69, 9.17) is 34.8 Å². The molecule has 2 aliphatic rings. The Balaban J connectivity index is 1.32. The Kier molecular flexibility index (Phi) is 10.0. The zero-order chi connectivity index (χ0) is 45.8. The highest BCUT2D eigenvalue weighted by atomic mass is 35.5. The SMILES string of the molecule is Cc1ccc(S(=O)(=O)c2ccc3c(c2)C2(c4cc(S(=O)(=O)c5ccc(Cl)cn5)ccc4-3)c3cc(S(=O)(=O)c4ccc(Cl)cn4)ccc3-c3ccc(S(=O)(=O)c4ccc(Cl)cn4)cc32)nc1. The van der Waals surface area contributed by atoms with Crippen LogP contribution in [0.5, 0.6) is 0 Å². The van der Waals surface area contributed by atoms with Crippen LogP contribution in [0.4, 0.5) is 0 Å². The average Bonchev–Trinajstić information content (AvgIpc) is 3.75. The summed E-state index contributed by atoms with van der Waals surface area (Å²) in [6.07, 6.45) is 5.01. The van der Waals surface area contributed by atoms with E-state index in [2.05, 4.69) is 19.9 Å². The average molecular weight is 998 g/mol. The Morgan fingerprint density at radius 1 is 0.354 bits per heavy atom. The number of pyridine rings is 4. The van der Waals surface area contributed by atoms with Crippen molar-refractivity contribution in [3.05, 3.63) is 189 Å². The van der Waals surface area contributed by atoms with Gasteiger partial charge in [0.05, 0.1) is 40.1 Å². The molecule has 4 heterocycles. The maximum absolute atomic E-state index is 14.5. The molecule has 0 saturated carbocycles. The summed E-state index contributed by atoms with van der Waals surface area (Å²) in [7, 11) is -17.5. The molecule has 12 nitrogen and oxygen atoms in total. The predicted octanol–water partition coefficient (Wildman–Crippen LogP) is 9.21. The van der Waals surface area contributed by atoms with E-state index in [-0.39, 0.29) is 77.0 Å². The van der Waals surface area contributed by atoms with E-state index in [1.807, 2.05) is 0 Å². The van der Waals surface area contributed by atoms with E-state index >= 15 is 0 Å². The molecule has 0 aliphatic heterocycles. The van der Waals surface area contributed by atoms with Crippen LogP contribution in [0.1, 0.15) is 27.8 Å². The zero-order valence-corrected chi connectivity index (χ0v) is 38.7. The van der Waals surface area contributed by atoms with Gasteiger partial charge in [-0.3, -0.25) is 0 Å². The number of rotatable bonds is 8. The maximum Gasteiger partial charge on any atom is 0.223 e. The standard InChI is InChI=1S/C46H27Cl3N4O8S4/c1-26-2-14-42(50-22-26)62(54,55)30-6-10-34-35-11-7-31(63(56,57)43-15-3-27(47)23-51-43)19-39(35)46(38(34)18-30)40-20-32(64(58,59)44-16-4-28(48)24-52-44)8-12-36(40)37-13-9-33(21-41(37)46)65(60,61)45-17-5-29(49)25-53-45/h2-25H,1H3. The smallest absolute Gasteiger partial charge is 0.223 e. The normalized spacial score (nSPS) is 13.8. The van der Waals surface area contributed by atoms with Gasteiger partial charge in [-0.25, -0.2) is 53.6 Å². The van der Waals surface area contributed by atoms with E-state index in [9.17, 15) is 33.7 Å². The summed E-state index contributed by atoms with van der Waals surface area (Å²) in [4.78, 5) is 15.6. The van der Waals surface area contributed by atoms with Crippen LogP contribution in [-0.4, -0.2) is 53.6 Å². The number of hydrogen-bond donors (Lipinski definition) is 0. The van der Waals surface area contributed by atoms with Crippen molar-refractivity contribution in [1.29, 1.82) is 0 Å². The van der Waals surface area contributed by atoms with Crippen LogP contribution in [0.2, 0.25) is 15.1 Å². The van der Waals surface area contributed by atoms with Crippen LogP contribution < -0.4 is 0 Å². The fourth-order valence-corrected chi connectivity index (χ4v) is 13.6. The van der Waals surface area contributed by atoms with Crippen molar-refractivity contribution in [1.82, 2.24) is 19.9 Å². The summed E-state index contributed by atoms with van der Waals surface area (Å²) in [6, 6.07) is 28.6. The Morgan fingerprint density at radius 3 is 0.846 bits per heavy atom. The third-order valence-electron chi connectivity index (χ3n) is 11.5. The van der Waals surface area contributed by atoms with E-state index in [0.717, 1.165) is 5.56 Å². The molecule has 4 aromatic heterocycles. The highest BCUT2D eigenvalue weighted by Crippen LogP contribution is 2.64. The molecule has 324 valence electrons. The number of fused-ring (bicyclic) bond motifs is 10. The Hall–Kier alpha value is -5.85. The first kappa shape index (κ1) is 43.1. The van der Waals surface area contributed by atoms with E-state index in [0.29, 0.717) is 22.3 Å². The first-order chi connectivity index (χ1) is 30.8. The number of halogens is 3. The van der Waals surface area contributed by atoms with Gasteiger partial charge in [0.15, 0.2) is 20.1 Å². The lowest BCUT2D eigenvalue weighted by Crippen LogP contribution is -2.27. The third kappa shape index (κ3) is 6.64. The Morgan fingerprint density at radius 2 is 0.615 bits per heavy atom. The summed E-state index contributed by atoms with van der Waals surface area (Å²) >= 11 is 18.2. The lowest BCUT2D eigenvalue weighted by molar-refractivity contribution is 0.590. The molecule has 0 bridgehead atoms. The minimum Gasteiger partial charge on any atom is -0.244 e. The molecule has 4 aromatic carbocycles. The first-order valence-electron chi connectivity index (χ1n) is 19.2. The largest absolute Gasteiger partial charge is 0.244 e. The Labute approximate surface area is 388 Å². The van der Waals surface area contributed by atoms with Crippen molar-refractivity contribution in [2.24, 2.45) is 0 Å². The fraction of sp³-hybridized carbons (Fsp3) is 0.0435. The number of aryl methyl sites for hydroxylation is 1. The molecule has 1 spiro atoms. The number of nitrogens with zero attached hydrogens (tertiary/aromatic N) is 4. The van der Waals surface area contributed by atoms with Crippen LogP contribution in [0.15, 0.2) is 186 Å². The van der Waals surface area contributed by atoms with Crippen molar-refractivity contribution in [3.63, 3.8) is 0 Å². The van der Waals surface area contributed by atoms with Crippen molar-refractivity contribution < 1.29 is 33.7 Å². The van der Waals surface area contributed by atoms with E-state index in [1.165, 1.54) is 116 Å². The molecule has 2 aliphatic carbocycles. The van der Waals surface area contributed by atoms with Crippen molar-refractivity contribution >= 4 is 74.2 Å². The second-order valence-corrected chi connectivity index (χ2v) is 24.1. The summed E-state index contributed by atoms with van der Waals surface area (Å²) in [5.74, 6) is 0. The highest BCUT2D eigenvalue weighted by molar-refractivity contribution is 7.92. The van der Waals surface area contributed by atoms with Gasteiger partial charge in [0, 0.05) is 24.8 Å². The molecule has 0 radical (unpaired) electrons.